The molecule has 0 N–H and O–H groups in total. The summed E-state index contributed by atoms with van der Waals surface area (Å²) in [4.78, 5) is 13.6. The van der Waals surface area contributed by atoms with Crippen LogP contribution in [0.1, 0.15) is 19.3 Å². The molecule has 2 aliphatic rings. The summed E-state index contributed by atoms with van der Waals surface area (Å²) in [5.74, 6) is 0.228. The molecule has 1 fully saturated rings. The predicted molar refractivity (Wildman–Crippen MR) is 49.3 cm³/mol. The van der Waals surface area contributed by atoms with E-state index < -0.39 is 0 Å². The summed E-state index contributed by atoms with van der Waals surface area (Å²) in [6, 6.07) is 0. The molecule has 0 saturated carbocycles. The molecule has 13 heavy (non-hydrogen) atoms. The van der Waals surface area contributed by atoms with Crippen molar-refractivity contribution in [2.75, 3.05) is 20.2 Å². The molecule has 0 bridgehead atoms. The number of ether oxygens (including phenoxy) is 1. The molecule has 1 saturated heterocycles. The normalized spacial score (nSPS) is 22.8. The largest absolute Gasteiger partial charge is 0.378 e. The third-order valence-corrected chi connectivity index (χ3v) is 2.78. The average molecular weight is 181 g/mol. The summed E-state index contributed by atoms with van der Waals surface area (Å²) in [7, 11) is 1.70. The molecule has 0 aromatic carbocycles. The van der Waals surface area contributed by atoms with Gasteiger partial charge >= 0.3 is 0 Å². The zero-order chi connectivity index (χ0) is 9.26. The van der Waals surface area contributed by atoms with Crippen LogP contribution in [0.3, 0.4) is 0 Å². The number of nitrogens with zero attached hydrogens (tertiary/aromatic N) is 1. The van der Waals surface area contributed by atoms with E-state index in [0.717, 1.165) is 37.9 Å². The van der Waals surface area contributed by atoms with Gasteiger partial charge in [-0.15, -0.1) is 0 Å². The van der Waals surface area contributed by atoms with Crippen LogP contribution in [0.25, 0.3) is 0 Å². The van der Waals surface area contributed by atoms with Gasteiger partial charge in [0.05, 0.1) is 6.10 Å². The maximum Gasteiger partial charge on any atom is 0.249 e. The molecule has 2 rings (SSSR count). The molecule has 1 aliphatic heterocycles. The fourth-order valence-corrected chi connectivity index (χ4v) is 1.82. The van der Waals surface area contributed by atoms with Gasteiger partial charge in [-0.05, 0) is 19.3 Å². The van der Waals surface area contributed by atoms with Crippen LogP contribution >= 0.6 is 0 Å². The van der Waals surface area contributed by atoms with Gasteiger partial charge in [-0.25, -0.2) is 0 Å². The van der Waals surface area contributed by atoms with Crippen LogP contribution in [-0.4, -0.2) is 37.1 Å². The van der Waals surface area contributed by atoms with E-state index in [9.17, 15) is 4.79 Å². The highest BCUT2D eigenvalue weighted by atomic mass is 16.5. The number of hydrogen-bond acceptors (Lipinski definition) is 2. The van der Waals surface area contributed by atoms with E-state index in [2.05, 4.69) is 6.08 Å². The quantitative estimate of drug-likeness (QED) is 0.635. The molecule has 3 heteroatoms. The highest BCUT2D eigenvalue weighted by Gasteiger charge is 2.32. The number of allylic oxidation sites excluding steroid dienone is 1. The lowest BCUT2D eigenvalue weighted by Gasteiger charge is -2.38. The molecule has 72 valence electrons. The highest BCUT2D eigenvalue weighted by Crippen LogP contribution is 2.22. The lowest BCUT2D eigenvalue weighted by molar-refractivity contribution is -0.138. The van der Waals surface area contributed by atoms with Gasteiger partial charge in [-0.2, -0.15) is 0 Å². The fourth-order valence-electron chi connectivity index (χ4n) is 1.82. The molecule has 0 spiro atoms. The van der Waals surface area contributed by atoms with Crippen molar-refractivity contribution in [3.8, 4) is 0 Å². The van der Waals surface area contributed by atoms with Crippen LogP contribution < -0.4 is 0 Å². The van der Waals surface area contributed by atoms with Crippen LogP contribution in [0.4, 0.5) is 0 Å². The van der Waals surface area contributed by atoms with Crippen molar-refractivity contribution in [1.29, 1.82) is 0 Å². The first-order chi connectivity index (χ1) is 6.31. The molecule has 3 nitrogen and oxygen atoms in total. The Kier molecular flexibility index (Phi) is 2.36. The van der Waals surface area contributed by atoms with Gasteiger partial charge in [0.15, 0.2) is 0 Å². The van der Waals surface area contributed by atoms with Gasteiger partial charge < -0.3 is 9.64 Å². The minimum Gasteiger partial charge on any atom is -0.378 e. The summed E-state index contributed by atoms with van der Waals surface area (Å²) >= 11 is 0. The summed E-state index contributed by atoms with van der Waals surface area (Å²) in [5.41, 5.74) is 1.01. The van der Waals surface area contributed by atoms with E-state index in [0.29, 0.717) is 0 Å². The summed E-state index contributed by atoms with van der Waals surface area (Å²) in [5, 5.41) is 0. The van der Waals surface area contributed by atoms with Crippen molar-refractivity contribution in [1.82, 2.24) is 4.90 Å². The fraction of sp³-hybridized carbons (Fsp3) is 0.700. The molecule has 1 amide bonds. The third-order valence-electron chi connectivity index (χ3n) is 2.78. The predicted octanol–water partition coefficient (Wildman–Crippen LogP) is 0.954. The number of carbonyl (C=O) groups is 1. The van der Waals surface area contributed by atoms with Crippen molar-refractivity contribution in [2.24, 2.45) is 0 Å². The topological polar surface area (TPSA) is 29.5 Å². The smallest absolute Gasteiger partial charge is 0.249 e. The lowest BCUT2D eigenvalue weighted by Crippen LogP contribution is -2.54. The molecule has 0 aromatic rings. The van der Waals surface area contributed by atoms with Crippen molar-refractivity contribution in [2.45, 2.75) is 25.4 Å². The second-order valence-electron chi connectivity index (χ2n) is 3.69. The van der Waals surface area contributed by atoms with Gasteiger partial charge in [0.2, 0.25) is 5.91 Å². The number of hydrogen-bond donors (Lipinski definition) is 0. The van der Waals surface area contributed by atoms with E-state index in [-0.39, 0.29) is 12.0 Å². The molecular weight excluding hydrogens is 166 g/mol. The Bertz CT molecular complexity index is 241. The van der Waals surface area contributed by atoms with Gasteiger partial charge in [0, 0.05) is 25.8 Å². The van der Waals surface area contributed by atoms with Gasteiger partial charge in [0.1, 0.15) is 0 Å². The standard InChI is InChI=1S/C10H15NO2/c1-13-9-6-11(7-9)10(12)8-4-2-3-5-8/h4,9H,2-3,5-7H2,1H3. The zero-order valence-corrected chi connectivity index (χ0v) is 7.95. The summed E-state index contributed by atoms with van der Waals surface area (Å²) < 4.78 is 5.12. The van der Waals surface area contributed by atoms with Crippen LogP contribution in [-0.2, 0) is 9.53 Å². The van der Waals surface area contributed by atoms with Crippen LogP contribution in [0.5, 0.6) is 0 Å². The molecule has 0 radical (unpaired) electrons. The van der Waals surface area contributed by atoms with Crippen LogP contribution in [0.2, 0.25) is 0 Å². The van der Waals surface area contributed by atoms with Crippen LogP contribution in [0.15, 0.2) is 11.6 Å². The molecule has 0 atom stereocenters. The van der Waals surface area contributed by atoms with E-state index in [1.54, 1.807) is 7.11 Å². The third kappa shape index (κ3) is 1.61. The Morgan fingerprint density at radius 1 is 1.62 bits per heavy atom. The second kappa shape index (κ2) is 3.50. The van der Waals surface area contributed by atoms with E-state index in [1.165, 1.54) is 0 Å². The summed E-state index contributed by atoms with van der Waals surface area (Å²) in [6.45, 7) is 1.54. The molecule has 0 aromatic heterocycles. The first-order valence-corrected chi connectivity index (χ1v) is 4.82. The first kappa shape index (κ1) is 8.75. The Labute approximate surface area is 78.4 Å². The van der Waals surface area contributed by atoms with Gasteiger partial charge in [-0.1, -0.05) is 6.08 Å². The number of methoxy groups -OCH3 is 1. The maximum atomic E-state index is 11.7. The lowest BCUT2D eigenvalue weighted by atomic mass is 10.1. The SMILES string of the molecule is COC1CN(C(=O)C2=CCCC2)C1. The Balaban J connectivity index is 1.85. The van der Waals surface area contributed by atoms with E-state index in [4.69, 9.17) is 4.74 Å². The van der Waals surface area contributed by atoms with E-state index in [1.807, 2.05) is 4.90 Å². The molecule has 1 aliphatic carbocycles. The van der Waals surface area contributed by atoms with Crippen LogP contribution in [0, 0.1) is 0 Å². The number of carbonyl (C=O) groups excluding carboxylic acids is 1. The highest BCUT2D eigenvalue weighted by molar-refractivity contribution is 5.94. The molecular formula is C10H15NO2. The zero-order valence-electron chi connectivity index (χ0n) is 7.95. The van der Waals surface area contributed by atoms with Crippen molar-refractivity contribution in [3.05, 3.63) is 11.6 Å². The van der Waals surface area contributed by atoms with Gasteiger partial charge in [-0.3, -0.25) is 4.79 Å². The Hall–Kier alpha value is -0.830. The van der Waals surface area contributed by atoms with Crippen molar-refractivity contribution in [3.63, 3.8) is 0 Å². The second-order valence-corrected chi connectivity index (χ2v) is 3.69. The number of likely N-dealkylation sites (tertiary alicyclic amines) is 1. The van der Waals surface area contributed by atoms with E-state index >= 15 is 0 Å². The molecule has 1 heterocycles. The number of rotatable bonds is 2. The minimum atomic E-state index is 0.228. The Morgan fingerprint density at radius 3 is 2.92 bits per heavy atom. The minimum absolute atomic E-state index is 0.228. The monoisotopic (exact) mass is 181 g/mol. The van der Waals surface area contributed by atoms with Gasteiger partial charge in [0.25, 0.3) is 0 Å². The Morgan fingerprint density at radius 2 is 2.38 bits per heavy atom. The van der Waals surface area contributed by atoms with Crippen molar-refractivity contribution < 1.29 is 9.53 Å². The average Bonchev–Trinajstić information content (AvgIpc) is 2.53. The maximum absolute atomic E-state index is 11.7. The number of amides is 1. The van der Waals surface area contributed by atoms with Crippen molar-refractivity contribution >= 4 is 5.91 Å². The summed E-state index contributed by atoms with van der Waals surface area (Å²) in [6.07, 6.45) is 5.52. The first-order valence-electron chi connectivity index (χ1n) is 4.82. The molecule has 0 unspecified atom stereocenters.